The number of hydrogen-bond acceptors (Lipinski definition) is 4. The summed E-state index contributed by atoms with van der Waals surface area (Å²) in [6.45, 7) is 2.81. The Labute approximate surface area is 158 Å². The van der Waals surface area contributed by atoms with Crippen molar-refractivity contribution in [3.05, 3.63) is 71.4 Å². The predicted molar refractivity (Wildman–Crippen MR) is 103 cm³/mol. The molecule has 1 amide bonds. The maximum absolute atomic E-state index is 13.0. The third-order valence-corrected chi connectivity index (χ3v) is 5.04. The van der Waals surface area contributed by atoms with E-state index in [4.69, 9.17) is 9.26 Å². The van der Waals surface area contributed by atoms with E-state index < -0.39 is 0 Å². The summed E-state index contributed by atoms with van der Waals surface area (Å²) in [6, 6.07) is 17.7. The van der Waals surface area contributed by atoms with Crippen LogP contribution in [-0.4, -0.2) is 29.6 Å². The fourth-order valence-corrected chi connectivity index (χ4v) is 3.65. The summed E-state index contributed by atoms with van der Waals surface area (Å²) in [6.07, 6.45) is 1.96. The van der Waals surface area contributed by atoms with E-state index in [-0.39, 0.29) is 11.9 Å². The summed E-state index contributed by atoms with van der Waals surface area (Å²) in [5, 5.41) is 4.03. The number of likely N-dealkylation sites (tertiary alicyclic amines) is 1. The second kappa shape index (κ2) is 7.27. The molecule has 5 heteroatoms. The predicted octanol–water partition coefficient (Wildman–Crippen LogP) is 4.64. The van der Waals surface area contributed by atoms with Crippen LogP contribution in [0, 0.1) is 6.92 Å². The van der Waals surface area contributed by atoms with E-state index in [0.717, 1.165) is 30.7 Å². The minimum absolute atomic E-state index is 0.0810. The molecular weight excluding hydrogens is 340 g/mol. The Hall–Kier alpha value is -3.08. The number of rotatable bonds is 4. The molecule has 0 spiro atoms. The van der Waals surface area contributed by atoms with Crippen LogP contribution in [0.3, 0.4) is 0 Å². The first kappa shape index (κ1) is 17.3. The van der Waals surface area contributed by atoms with E-state index in [1.54, 1.807) is 13.2 Å². The van der Waals surface area contributed by atoms with Crippen molar-refractivity contribution < 1.29 is 14.1 Å². The highest BCUT2D eigenvalue weighted by molar-refractivity contribution is 5.93. The molecule has 1 aliphatic rings. The normalized spacial score (nSPS) is 16.5. The van der Waals surface area contributed by atoms with Gasteiger partial charge in [0.05, 0.1) is 13.2 Å². The molecule has 138 valence electrons. The van der Waals surface area contributed by atoms with Gasteiger partial charge in [-0.3, -0.25) is 4.79 Å². The van der Waals surface area contributed by atoms with Crippen molar-refractivity contribution in [1.82, 2.24) is 10.1 Å². The molecule has 1 saturated heterocycles. The molecule has 0 saturated carbocycles. The molecular formula is C22H22N2O3. The number of benzene rings is 2. The van der Waals surface area contributed by atoms with Gasteiger partial charge >= 0.3 is 0 Å². The fourth-order valence-electron chi connectivity index (χ4n) is 3.65. The maximum Gasteiger partial charge on any atom is 0.276 e. The highest BCUT2D eigenvalue weighted by atomic mass is 16.5. The molecule has 1 aliphatic heterocycles. The lowest BCUT2D eigenvalue weighted by Gasteiger charge is -2.24. The molecule has 1 fully saturated rings. The Morgan fingerprint density at radius 1 is 1.19 bits per heavy atom. The molecule has 1 aromatic heterocycles. The van der Waals surface area contributed by atoms with Crippen molar-refractivity contribution >= 4 is 5.91 Å². The van der Waals surface area contributed by atoms with Crippen molar-refractivity contribution in [2.24, 2.45) is 0 Å². The molecule has 0 radical (unpaired) electrons. The van der Waals surface area contributed by atoms with Crippen molar-refractivity contribution in [3.63, 3.8) is 0 Å². The van der Waals surface area contributed by atoms with E-state index in [1.165, 1.54) is 11.1 Å². The van der Waals surface area contributed by atoms with E-state index in [0.29, 0.717) is 11.5 Å². The van der Waals surface area contributed by atoms with Crippen LogP contribution in [0.4, 0.5) is 0 Å². The van der Waals surface area contributed by atoms with Gasteiger partial charge in [0.2, 0.25) is 0 Å². The number of ether oxygens (including phenoxy) is 1. The van der Waals surface area contributed by atoms with Gasteiger partial charge in [-0.15, -0.1) is 0 Å². The Kier molecular flexibility index (Phi) is 4.67. The second-order valence-corrected chi connectivity index (χ2v) is 6.88. The molecule has 0 bridgehead atoms. The minimum Gasteiger partial charge on any atom is -0.497 e. The number of amides is 1. The van der Waals surface area contributed by atoms with Gasteiger partial charge in [-0.05, 0) is 49.6 Å². The van der Waals surface area contributed by atoms with Crippen LogP contribution in [-0.2, 0) is 0 Å². The quantitative estimate of drug-likeness (QED) is 0.679. The second-order valence-electron chi connectivity index (χ2n) is 6.88. The SMILES string of the molecule is COc1ccc(-c2cc(C(=O)N3CCC[C@@H]3c3cccc(C)c3)no2)cc1. The van der Waals surface area contributed by atoms with Crippen LogP contribution in [0.15, 0.2) is 59.1 Å². The zero-order valence-electron chi connectivity index (χ0n) is 15.5. The van der Waals surface area contributed by atoms with Gasteiger partial charge in [0, 0.05) is 18.2 Å². The Balaban J connectivity index is 1.56. The van der Waals surface area contributed by atoms with Gasteiger partial charge in [0.1, 0.15) is 5.75 Å². The van der Waals surface area contributed by atoms with E-state index in [1.807, 2.05) is 35.2 Å². The first-order valence-corrected chi connectivity index (χ1v) is 9.14. The first-order chi connectivity index (χ1) is 13.2. The first-order valence-electron chi connectivity index (χ1n) is 9.14. The third-order valence-electron chi connectivity index (χ3n) is 5.04. The maximum atomic E-state index is 13.0. The minimum atomic E-state index is -0.0810. The van der Waals surface area contributed by atoms with E-state index in [9.17, 15) is 4.79 Å². The van der Waals surface area contributed by atoms with Crippen LogP contribution in [0.25, 0.3) is 11.3 Å². The molecule has 27 heavy (non-hydrogen) atoms. The number of aromatic nitrogens is 1. The smallest absolute Gasteiger partial charge is 0.276 e. The lowest BCUT2D eigenvalue weighted by molar-refractivity contribution is 0.0725. The molecule has 2 heterocycles. The van der Waals surface area contributed by atoms with Crippen LogP contribution in [0.1, 0.15) is 40.5 Å². The average molecular weight is 362 g/mol. The highest BCUT2D eigenvalue weighted by Gasteiger charge is 2.32. The number of hydrogen-bond donors (Lipinski definition) is 0. The van der Waals surface area contributed by atoms with Crippen LogP contribution >= 0.6 is 0 Å². The van der Waals surface area contributed by atoms with Gasteiger partial charge in [-0.1, -0.05) is 35.0 Å². The van der Waals surface area contributed by atoms with Crippen molar-refractivity contribution in [2.75, 3.05) is 13.7 Å². The van der Waals surface area contributed by atoms with E-state index in [2.05, 4.69) is 30.3 Å². The third kappa shape index (κ3) is 3.45. The van der Waals surface area contributed by atoms with Crippen LogP contribution < -0.4 is 4.74 Å². The number of aryl methyl sites for hydroxylation is 1. The number of nitrogens with zero attached hydrogens (tertiary/aromatic N) is 2. The van der Waals surface area contributed by atoms with Crippen molar-refractivity contribution in [2.45, 2.75) is 25.8 Å². The standard InChI is InChI=1S/C22H22N2O3/c1-15-5-3-6-17(13-15)20-7-4-12-24(20)22(25)19-14-21(27-23-19)16-8-10-18(26-2)11-9-16/h3,5-6,8-11,13-14,20H,4,7,12H2,1-2H3/t20-/m1/s1. The molecule has 0 N–H and O–H groups in total. The molecule has 5 nitrogen and oxygen atoms in total. The zero-order valence-corrected chi connectivity index (χ0v) is 15.5. The Morgan fingerprint density at radius 3 is 2.74 bits per heavy atom. The number of carbonyl (C=O) groups is 1. The topological polar surface area (TPSA) is 55.6 Å². The Morgan fingerprint density at radius 2 is 2.00 bits per heavy atom. The van der Waals surface area contributed by atoms with Crippen LogP contribution in [0.5, 0.6) is 5.75 Å². The molecule has 2 aromatic carbocycles. The number of methoxy groups -OCH3 is 1. The summed E-state index contributed by atoms with van der Waals surface area (Å²) in [7, 11) is 1.63. The highest BCUT2D eigenvalue weighted by Crippen LogP contribution is 2.34. The Bertz CT molecular complexity index is 946. The van der Waals surface area contributed by atoms with Gasteiger partial charge < -0.3 is 14.2 Å². The van der Waals surface area contributed by atoms with E-state index >= 15 is 0 Å². The molecule has 4 rings (SSSR count). The summed E-state index contributed by atoms with van der Waals surface area (Å²) in [4.78, 5) is 15.0. The van der Waals surface area contributed by atoms with Crippen molar-refractivity contribution in [1.29, 1.82) is 0 Å². The molecule has 3 aromatic rings. The van der Waals surface area contributed by atoms with Gasteiger partial charge in [0.25, 0.3) is 5.91 Å². The number of carbonyl (C=O) groups excluding carboxylic acids is 1. The fraction of sp³-hybridized carbons (Fsp3) is 0.273. The van der Waals surface area contributed by atoms with Gasteiger partial charge in [-0.2, -0.15) is 0 Å². The average Bonchev–Trinajstić information content (AvgIpc) is 3.37. The lowest BCUT2D eigenvalue weighted by Crippen LogP contribution is -2.30. The lowest BCUT2D eigenvalue weighted by atomic mass is 10.0. The zero-order chi connectivity index (χ0) is 18.8. The van der Waals surface area contributed by atoms with Crippen molar-refractivity contribution in [3.8, 4) is 17.1 Å². The molecule has 1 atom stereocenters. The summed E-state index contributed by atoms with van der Waals surface area (Å²) in [5.74, 6) is 1.27. The molecule has 0 unspecified atom stereocenters. The molecule has 0 aliphatic carbocycles. The van der Waals surface area contributed by atoms with Crippen LogP contribution in [0.2, 0.25) is 0 Å². The summed E-state index contributed by atoms with van der Waals surface area (Å²) >= 11 is 0. The summed E-state index contributed by atoms with van der Waals surface area (Å²) in [5.41, 5.74) is 3.59. The van der Waals surface area contributed by atoms with Gasteiger partial charge in [-0.25, -0.2) is 0 Å². The van der Waals surface area contributed by atoms with Gasteiger partial charge in [0.15, 0.2) is 11.5 Å². The summed E-state index contributed by atoms with van der Waals surface area (Å²) < 4.78 is 10.6. The largest absolute Gasteiger partial charge is 0.497 e. The monoisotopic (exact) mass is 362 g/mol.